The summed E-state index contributed by atoms with van der Waals surface area (Å²) in [6, 6.07) is 18.5. The van der Waals surface area contributed by atoms with Crippen LogP contribution in [0.3, 0.4) is 0 Å². The molecule has 0 saturated carbocycles. The highest BCUT2D eigenvalue weighted by atomic mass is 35.5. The Morgan fingerprint density at radius 3 is 2.57 bits per heavy atom. The van der Waals surface area contributed by atoms with Crippen molar-refractivity contribution in [2.24, 2.45) is 4.99 Å². The lowest BCUT2D eigenvalue weighted by Crippen LogP contribution is -2.35. The van der Waals surface area contributed by atoms with Crippen molar-refractivity contribution < 1.29 is 22.7 Å². The summed E-state index contributed by atoms with van der Waals surface area (Å²) in [6.07, 6.45) is 1.56. The number of aromatic nitrogens is 1. The number of aryl methyl sites for hydroxylation is 1. The highest BCUT2D eigenvalue weighted by Crippen LogP contribution is 2.32. The van der Waals surface area contributed by atoms with Crippen LogP contribution in [0.25, 0.3) is 10.2 Å². The van der Waals surface area contributed by atoms with Gasteiger partial charge in [0.05, 0.1) is 32.9 Å². The number of anilines is 1. The number of nitrogens with zero attached hydrogens (tertiary/aromatic N) is 3. The van der Waals surface area contributed by atoms with Gasteiger partial charge in [0.15, 0.2) is 4.80 Å². The third-order valence-electron chi connectivity index (χ3n) is 6.12. The smallest absolute Gasteiger partial charge is 0.325 e. The van der Waals surface area contributed by atoms with Crippen LogP contribution in [0.1, 0.15) is 22.3 Å². The van der Waals surface area contributed by atoms with Crippen molar-refractivity contribution in [2.45, 2.75) is 24.3 Å². The van der Waals surface area contributed by atoms with Gasteiger partial charge in [0, 0.05) is 12.1 Å². The van der Waals surface area contributed by atoms with E-state index < -0.39 is 21.9 Å². The Hall–Kier alpha value is -3.47. The van der Waals surface area contributed by atoms with Gasteiger partial charge in [-0.2, -0.15) is 4.99 Å². The predicted octanol–water partition coefficient (Wildman–Crippen LogP) is 4.41. The van der Waals surface area contributed by atoms with Gasteiger partial charge in [-0.15, -0.1) is 0 Å². The Morgan fingerprint density at radius 2 is 1.81 bits per heavy atom. The zero-order valence-corrected chi connectivity index (χ0v) is 22.1. The number of thiazole rings is 1. The quantitative estimate of drug-likeness (QED) is 0.340. The summed E-state index contributed by atoms with van der Waals surface area (Å²) in [4.78, 5) is 29.6. The maximum Gasteiger partial charge on any atom is 0.325 e. The normalized spacial score (nSPS) is 14.0. The topological polar surface area (TPSA) is 98.0 Å². The maximum absolute atomic E-state index is 13.4. The molecule has 11 heteroatoms. The Bertz CT molecular complexity index is 1690. The zero-order valence-electron chi connectivity index (χ0n) is 19.8. The van der Waals surface area contributed by atoms with Gasteiger partial charge in [0.2, 0.25) is 0 Å². The van der Waals surface area contributed by atoms with Crippen LogP contribution in [0.5, 0.6) is 0 Å². The minimum absolute atomic E-state index is 0.0927. The van der Waals surface area contributed by atoms with Crippen LogP contribution in [-0.2, 0) is 32.5 Å². The van der Waals surface area contributed by atoms with Crippen molar-refractivity contribution in [3.8, 4) is 0 Å². The van der Waals surface area contributed by atoms with Crippen LogP contribution in [0, 0.1) is 0 Å². The fourth-order valence-electron chi connectivity index (χ4n) is 4.31. The number of esters is 1. The molecule has 8 nitrogen and oxygen atoms in total. The molecule has 0 unspecified atom stereocenters. The van der Waals surface area contributed by atoms with Gasteiger partial charge in [0.1, 0.15) is 6.54 Å². The second kappa shape index (κ2) is 10.1. The molecule has 37 heavy (non-hydrogen) atoms. The van der Waals surface area contributed by atoms with Gasteiger partial charge in [-0.3, -0.25) is 13.9 Å². The molecule has 0 atom stereocenters. The van der Waals surface area contributed by atoms with Crippen molar-refractivity contribution >= 4 is 60.7 Å². The van der Waals surface area contributed by atoms with Gasteiger partial charge in [-0.1, -0.05) is 47.2 Å². The molecule has 1 amide bonds. The molecule has 0 N–H and O–H groups in total. The summed E-state index contributed by atoms with van der Waals surface area (Å²) in [5.74, 6) is -1.09. The van der Waals surface area contributed by atoms with E-state index in [1.807, 2.05) is 30.3 Å². The van der Waals surface area contributed by atoms with E-state index in [1.165, 1.54) is 47.0 Å². The first-order chi connectivity index (χ1) is 17.8. The predicted molar refractivity (Wildman–Crippen MR) is 142 cm³/mol. The molecular formula is C26H22ClN3O5S2. The zero-order chi connectivity index (χ0) is 26.2. The first kappa shape index (κ1) is 25.2. The summed E-state index contributed by atoms with van der Waals surface area (Å²) in [5, 5.41) is 0.417. The molecule has 0 fully saturated rings. The van der Waals surface area contributed by atoms with Gasteiger partial charge in [0.25, 0.3) is 15.9 Å². The second-order valence-electron chi connectivity index (χ2n) is 8.38. The van der Waals surface area contributed by atoms with Crippen molar-refractivity contribution in [3.63, 3.8) is 0 Å². The number of para-hydroxylation sites is 2. The Morgan fingerprint density at radius 1 is 1.05 bits per heavy atom. The average molecular weight is 556 g/mol. The first-order valence-corrected chi connectivity index (χ1v) is 14.1. The lowest BCUT2D eigenvalue weighted by Gasteiger charge is -2.30. The summed E-state index contributed by atoms with van der Waals surface area (Å²) >= 11 is 7.57. The lowest BCUT2D eigenvalue weighted by molar-refractivity contribution is -0.141. The number of hydrogen-bond donors (Lipinski definition) is 0. The molecule has 5 rings (SSSR count). The second-order valence-corrected chi connectivity index (χ2v) is 11.7. The molecule has 1 aliphatic rings. The number of fused-ring (bicyclic) bond motifs is 2. The van der Waals surface area contributed by atoms with Gasteiger partial charge < -0.3 is 9.30 Å². The number of rotatable bonds is 5. The number of benzene rings is 3. The molecule has 0 radical (unpaired) electrons. The molecule has 1 aromatic heterocycles. The minimum Gasteiger partial charge on any atom is -0.468 e. The summed E-state index contributed by atoms with van der Waals surface area (Å²) < 4.78 is 35.3. The van der Waals surface area contributed by atoms with Crippen LogP contribution < -0.4 is 9.11 Å². The lowest BCUT2D eigenvalue weighted by atomic mass is 10.0. The molecular weight excluding hydrogens is 534 g/mol. The van der Waals surface area contributed by atoms with Crippen molar-refractivity contribution in [1.82, 2.24) is 4.57 Å². The van der Waals surface area contributed by atoms with Crippen LogP contribution >= 0.6 is 22.9 Å². The van der Waals surface area contributed by atoms with E-state index in [1.54, 1.807) is 16.7 Å². The van der Waals surface area contributed by atoms with Crippen molar-refractivity contribution in [2.75, 3.05) is 18.0 Å². The van der Waals surface area contributed by atoms with E-state index >= 15 is 0 Å². The SMILES string of the molecule is COC(=O)Cn1c(=NC(=O)c2ccc(S(=O)(=O)N3CCCc4ccccc43)cc2)sc2cccc(Cl)c21. The average Bonchev–Trinajstić information content (AvgIpc) is 3.25. The number of amides is 1. The fourth-order valence-corrected chi connectivity index (χ4v) is 7.24. The number of carbonyl (C=O) groups excluding carboxylic acids is 2. The van der Waals surface area contributed by atoms with Crippen molar-refractivity contribution in [1.29, 1.82) is 0 Å². The van der Waals surface area contributed by atoms with E-state index in [0.717, 1.165) is 23.1 Å². The number of hydrogen-bond acceptors (Lipinski definition) is 6. The summed E-state index contributed by atoms with van der Waals surface area (Å²) in [6.45, 7) is 0.227. The maximum atomic E-state index is 13.4. The highest BCUT2D eigenvalue weighted by Gasteiger charge is 2.29. The summed E-state index contributed by atoms with van der Waals surface area (Å²) in [5.41, 5.74) is 2.47. The third kappa shape index (κ3) is 4.79. The molecule has 190 valence electrons. The number of ether oxygens (including phenoxy) is 1. The van der Waals surface area contributed by atoms with Crippen LogP contribution in [0.15, 0.2) is 76.6 Å². The van der Waals surface area contributed by atoms with E-state index in [9.17, 15) is 18.0 Å². The van der Waals surface area contributed by atoms with Gasteiger partial charge in [-0.25, -0.2) is 8.42 Å². The third-order valence-corrected chi connectivity index (χ3v) is 9.30. The molecule has 0 saturated heterocycles. The number of sulfonamides is 1. The number of methoxy groups -OCH3 is 1. The van der Waals surface area contributed by atoms with E-state index in [0.29, 0.717) is 22.8 Å². The minimum atomic E-state index is -3.80. The number of carbonyl (C=O) groups is 2. The molecule has 0 spiro atoms. The van der Waals surface area contributed by atoms with Gasteiger partial charge >= 0.3 is 5.97 Å². The van der Waals surface area contributed by atoms with E-state index in [4.69, 9.17) is 16.3 Å². The largest absolute Gasteiger partial charge is 0.468 e. The molecule has 2 heterocycles. The van der Waals surface area contributed by atoms with Crippen molar-refractivity contribution in [3.05, 3.63) is 87.7 Å². The Labute approximate surface area is 222 Å². The standard InChI is InChI=1S/C26H22ClN3O5S2/c1-35-23(31)16-29-24-20(27)8-4-10-22(24)36-26(29)28-25(32)18-11-13-19(14-12-18)37(33,34)30-15-5-7-17-6-2-3-9-21(17)30/h2-4,6,8-14H,5,7,15-16H2,1H3. The van der Waals surface area contributed by atoms with Crippen LogP contribution in [-0.4, -0.2) is 38.5 Å². The molecule has 1 aliphatic heterocycles. The Balaban J connectivity index is 1.48. The highest BCUT2D eigenvalue weighted by molar-refractivity contribution is 7.92. The van der Waals surface area contributed by atoms with Gasteiger partial charge in [-0.05, 0) is 60.9 Å². The van der Waals surface area contributed by atoms with E-state index in [2.05, 4.69) is 4.99 Å². The molecule has 0 aliphatic carbocycles. The fraction of sp³-hybridized carbons (Fsp3) is 0.192. The molecule has 4 aromatic rings. The number of halogens is 1. The van der Waals surface area contributed by atoms with Crippen LogP contribution in [0.2, 0.25) is 5.02 Å². The van der Waals surface area contributed by atoms with Crippen LogP contribution in [0.4, 0.5) is 5.69 Å². The Kier molecular flexibility index (Phi) is 6.89. The van der Waals surface area contributed by atoms with E-state index in [-0.39, 0.29) is 21.8 Å². The molecule has 0 bridgehead atoms. The first-order valence-electron chi connectivity index (χ1n) is 11.4. The molecule has 3 aromatic carbocycles. The summed E-state index contributed by atoms with van der Waals surface area (Å²) in [7, 11) is -2.52. The monoisotopic (exact) mass is 555 g/mol.